The third-order valence-corrected chi connectivity index (χ3v) is 8.14. The molecule has 2 amide bonds. The first-order valence-corrected chi connectivity index (χ1v) is 13.2. The fourth-order valence-corrected chi connectivity index (χ4v) is 6.04. The molecule has 3 aliphatic heterocycles. The standard InChI is InChI=1S/C29H37N3O4/c1-19-9-14-31(15-10-19)13-6-12-30-28(33)26-22-17-24(35-2)25(36-3)18-23(22)29(34)32-16-11-20-7-4-5-8-21(20)27(26)32/h4-5,7-8,17-19,26-27H,6,9-16H2,1-3H3,(H,30,33)/t26-,27-/m0/s1. The summed E-state index contributed by atoms with van der Waals surface area (Å²) in [5.74, 6) is 1.21. The Morgan fingerprint density at radius 2 is 1.75 bits per heavy atom. The van der Waals surface area contributed by atoms with Crippen LogP contribution in [0.2, 0.25) is 0 Å². The number of carbonyl (C=O) groups excluding carboxylic acids is 2. The Hall–Kier alpha value is -3.06. The lowest BCUT2D eigenvalue weighted by atomic mass is 9.75. The van der Waals surface area contributed by atoms with E-state index < -0.39 is 5.92 Å². The molecule has 0 unspecified atom stereocenters. The lowest BCUT2D eigenvalue weighted by molar-refractivity contribution is -0.124. The Morgan fingerprint density at radius 1 is 1.03 bits per heavy atom. The van der Waals surface area contributed by atoms with Crippen molar-refractivity contribution in [1.29, 1.82) is 0 Å². The third kappa shape index (κ3) is 4.57. The number of rotatable bonds is 7. The molecule has 1 fully saturated rings. The Labute approximate surface area is 213 Å². The smallest absolute Gasteiger partial charge is 0.254 e. The van der Waals surface area contributed by atoms with Crippen LogP contribution in [-0.4, -0.2) is 68.6 Å². The molecule has 1 N–H and O–H groups in total. The van der Waals surface area contributed by atoms with Crippen LogP contribution in [0.25, 0.3) is 0 Å². The number of carbonyl (C=O) groups is 2. The zero-order valence-electron chi connectivity index (χ0n) is 21.6. The van der Waals surface area contributed by atoms with E-state index in [4.69, 9.17) is 9.47 Å². The van der Waals surface area contributed by atoms with Crippen LogP contribution in [0.15, 0.2) is 36.4 Å². The van der Waals surface area contributed by atoms with Gasteiger partial charge in [-0.05, 0) is 80.1 Å². The second-order valence-electron chi connectivity index (χ2n) is 10.3. The zero-order valence-corrected chi connectivity index (χ0v) is 21.6. The van der Waals surface area contributed by atoms with Crippen molar-refractivity contribution in [3.63, 3.8) is 0 Å². The van der Waals surface area contributed by atoms with Crippen LogP contribution < -0.4 is 14.8 Å². The monoisotopic (exact) mass is 491 g/mol. The Bertz CT molecular complexity index is 1130. The van der Waals surface area contributed by atoms with Gasteiger partial charge in [0.2, 0.25) is 5.91 Å². The highest BCUT2D eigenvalue weighted by atomic mass is 16.5. The predicted octanol–water partition coefficient (Wildman–Crippen LogP) is 3.78. The summed E-state index contributed by atoms with van der Waals surface area (Å²) in [7, 11) is 3.14. The molecule has 0 bridgehead atoms. The SMILES string of the molecule is COc1cc2c(cc1OC)[C@H](C(=O)NCCCN1CCC(C)CC1)[C@@H]1c3ccccc3CCN1C2=O. The van der Waals surface area contributed by atoms with Crippen molar-refractivity contribution < 1.29 is 19.1 Å². The van der Waals surface area contributed by atoms with Crippen LogP contribution in [0, 0.1) is 5.92 Å². The molecule has 2 aromatic rings. The van der Waals surface area contributed by atoms with E-state index in [2.05, 4.69) is 29.3 Å². The average Bonchev–Trinajstić information content (AvgIpc) is 2.91. The van der Waals surface area contributed by atoms with Gasteiger partial charge >= 0.3 is 0 Å². The maximum Gasteiger partial charge on any atom is 0.254 e. The summed E-state index contributed by atoms with van der Waals surface area (Å²) in [6.07, 6.45) is 4.20. The van der Waals surface area contributed by atoms with Crippen LogP contribution in [0.4, 0.5) is 0 Å². The van der Waals surface area contributed by atoms with Gasteiger partial charge < -0.3 is 24.6 Å². The molecule has 0 aromatic heterocycles. The average molecular weight is 492 g/mol. The minimum atomic E-state index is -0.519. The summed E-state index contributed by atoms with van der Waals surface area (Å²) in [6.45, 7) is 6.81. The largest absolute Gasteiger partial charge is 0.493 e. The van der Waals surface area contributed by atoms with Crippen molar-refractivity contribution >= 4 is 11.8 Å². The molecule has 0 aliphatic carbocycles. The van der Waals surface area contributed by atoms with E-state index in [1.807, 2.05) is 23.1 Å². The van der Waals surface area contributed by atoms with E-state index >= 15 is 0 Å². The van der Waals surface area contributed by atoms with Gasteiger partial charge in [-0.3, -0.25) is 9.59 Å². The number of hydrogen-bond acceptors (Lipinski definition) is 5. The maximum absolute atomic E-state index is 13.8. The van der Waals surface area contributed by atoms with E-state index in [1.54, 1.807) is 20.3 Å². The number of hydrogen-bond donors (Lipinski definition) is 1. The summed E-state index contributed by atoms with van der Waals surface area (Å²) < 4.78 is 11.0. The summed E-state index contributed by atoms with van der Waals surface area (Å²) >= 11 is 0. The molecule has 3 heterocycles. The summed E-state index contributed by atoms with van der Waals surface area (Å²) in [6, 6.07) is 11.4. The number of piperidine rings is 1. The van der Waals surface area contributed by atoms with Gasteiger partial charge in [-0.1, -0.05) is 31.2 Å². The Kier molecular flexibility index (Phi) is 7.19. The molecule has 7 heteroatoms. The van der Waals surface area contributed by atoms with Crippen LogP contribution in [0.3, 0.4) is 0 Å². The van der Waals surface area contributed by atoms with Gasteiger partial charge in [0.05, 0.1) is 26.2 Å². The number of fused-ring (bicyclic) bond motifs is 4. The molecular weight excluding hydrogens is 454 g/mol. The van der Waals surface area contributed by atoms with E-state index in [1.165, 1.54) is 18.4 Å². The number of likely N-dealkylation sites (tertiary alicyclic amines) is 1. The molecule has 5 rings (SSSR count). The van der Waals surface area contributed by atoms with Crippen molar-refractivity contribution in [2.45, 2.75) is 44.6 Å². The number of nitrogens with zero attached hydrogens (tertiary/aromatic N) is 2. The van der Waals surface area contributed by atoms with Crippen LogP contribution in [0.5, 0.6) is 11.5 Å². The Morgan fingerprint density at radius 3 is 2.50 bits per heavy atom. The molecule has 192 valence electrons. The van der Waals surface area contributed by atoms with Gasteiger partial charge in [0, 0.05) is 18.7 Å². The summed E-state index contributed by atoms with van der Waals surface area (Å²) in [4.78, 5) is 31.9. The normalized spacial score (nSPS) is 21.9. The molecule has 0 radical (unpaired) electrons. The summed E-state index contributed by atoms with van der Waals surface area (Å²) in [5, 5.41) is 3.21. The minimum Gasteiger partial charge on any atom is -0.493 e. The molecule has 3 aliphatic rings. The lowest BCUT2D eigenvalue weighted by Gasteiger charge is -2.45. The van der Waals surface area contributed by atoms with Gasteiger partial charge in [0.25, 0.3) is 5.91 Å². The zero-order chi connectivity index (χ0) is 25.2. The predicted molar refractivity (Wildman–Crippen MR) is 139 cm³/mol. The number of amides is 2. The Balaban J connectivity index is 1.42. The van der Waals surface area contributed by atoms with Crippen molar-refractivity contribution in [3.05, 3.63) is 58.7 Å². The molecule has 36 heavy (non-hydrogen) atoms. The van der Waals surface area contributed by atoms with E-state index in [9.17, 15) is 9.59 Å². The fraction of sp³-hybridized carbons (Fsp3) is 0.517. The molecule has 0 saturated carbocycles. The number of ether oxygens (including phenoxy) is 2. The topological polar surface area (TPSA) is 71.1 Å². The highest BCUT2D eigenvalue weighted by Gasteiger charge is 2.46. The third-order valence-electron chi connectivity index (χ3n) is 8.14. The van der Waals surface area contributed by atoms with Crippen LogP contribution >= 0.6 is 0 Å². The van der Waals surface area contributed by atoms with E-state index in [0.29, 0.717) is 35.7 Å². The summed E-state index contributed by atoms with van der Waals surface area (Å²) in [5.41, 5.74) is 3.48. The molecule has 1 saturated heterocycles. The van der Waals surface area contributed by atoms with E-state index in [-0.39, 0.29) is 17.9 Å². The molecule has 7 nitrogen and oxygen atoms in total. The quantitative estimate of drug-likeness (QED) is 0.597. The highest BCUT2D eigenvalue weighted by molar-refractivity contribution is 6.02. The van der Waals surface area contributed by atoms with Crippen molar-refractivity contribution in [2.75, 3.05) is 46.9 Å². The second-order valence-corrected chi connectivity index (χ2v) is 10.3. The van der Waals surface area contributed by atoms with E-state index in [0.717, 1.165) is 44.0 Å². The van der Waals surface area contributed by atoms with Crippen LogP contribution in [-0.2, 0) is 11.2 Å². The lowest BCUT2D eigenvalue weighted by Crippen LogP contribution is -2.50. The van der Waals surface area contributed by atoms with Crippen molar-refractivity contribution in [1.82, 2.24) is 15.1 Å². The van der Waals surface area contributed by atoms with Gasteiger partial charge in [0.1, 0.15) is 0 Å². The minimum absolute atomic E-state index is 0.0464. The number of methoxy groups -OCH3 is 2. The first-order chi connectivity index (χ1) is 17.5. The van der Waals surface area contributed by atoms with Crippen molar-refractivity contribution in [3.8, 4) is 11.5 Å². The molecular formula is C29H37N3O4. The second kappa shape index (κ2) is 10.5. The molecule has 2 aromatic carbocycles. The fourth-order valence-electron chi connectivity index (χ4n) is 6.04. The molecule has 2 atom stereocenters. The molecule has 0 spiro atoms. The maximum atomic E-state index is 13.8. The van der Waals surface area contributed by atoms with Crippen LogP contribution in [0.1, 0.15) is 65.2 Å². The number of nitrogens with one attached hydrogen (secondary N) is 1. The van der Waals surface area contributed by atoms with Gasteiger partial charge in [-0.2, -0.15) is 0 Å². The first-order valence-electron chi connectivity index (χ1n) is 13.2. The first kappa shape index (κ1) is 24.6. The number of benzene rings is 2. The highest BCUT2D eigenvalue weighted by Crippen LogP contribution is 2.48. The van der Waals surface area contributed by atoms with Crippen molar-refractivity contribution in [2.24, 2.45) is 5.92 Å². The van der Waals surface area contributed by atoms with Gasteiger partial charge in [-0.15, -0.1) is 0 Å². The van der Waals surface area contributed by atoms with Gasteiger partial charge in [0.15, 0.2) is 11.5 Å². The van der Waals surface area contributed by atoms with Gasteiger partial charge in [-0.25, -0.2) is 0 Å².